The third-order valence-electron chi connectivity index (χ3n) is 3.09. The highest BCUT2D eigenvalue weighted by molar-refractivity contribution is 7.15. The van der Waals surface area contributed by atoms with Crippen LogP contribution in [0.25, 0.3) is 0 Å². The monoisotopic (exact) mass is 255 g/mol. The van der Waals surface area contributed by atoms with Crippen molar-refractivity contribution in [3.05, 3.63) is 5.01 Å². The normalized spacial score (nSPS) is 25.9. The average molecular weight is 255 g/mol. The molecule has 1 aliphatic rings. The number of hydrogen-bond donors (Lipinski definition) is 2. The first kappa shape index (κ1) is 12.8. The van der Waals surface area contributed by atoms with Gasteiger partial charge in [0.25, 0.3) is 0 Å². The molecule has 0 amide bonds. The highest BCUT2D eigenvalue weighted by Gasteiger charge is 2.22. The van der Waals surface area contributed by atoms with E-state index in [2.05, 4.69) is 36.3 Å². The number of aliphatic hydroxyl groups is 1. The Bertz CT molecular complexity index is 364. The summed E-state index contributed by atoms with van der Waals surface area (Å²) in [5.41, 5.74) is 0.0698. The molecular formula is C12H21N3OS. The SMILES string of the molecule is CC(C)(C)c1nnc(NC2CCC(O)CC2)s1. The molecule has 0 spiro atoms. The van der Waals surface area contributed by atoms with Gasteiger partial charge in [-0.1, -0.05) is 32.1 Å². The van der Waals surface area contributed by atoms with Crippen LogP contribution in [0.2, 0.25) is 0 Å². The highest BCUT2D eigenvalue weighted by Crippen LogP contribution is 2.29. The zero-order valence-electron chi connectivity index (χ0n) is 10.7. The second-order valence-electron chi connectivity index (χ2n) is 5.81. The van der Waals surface area contributed by atoms with Crippen LogP contribution >= 0.6 is 11.3 Å². The highest BCUT2D eigenvalue weighted by atomic mass is 32.1. The van der Waals surface area contributed by atoms with Gasteiger partial charge in [0, 0.05) is 11.5 Å². The maximum atomic E-state index is 9.45. The standard InChI is InChI=1S/C12H21N3OS/c1-12(2,3)10-14-15-11(17-10)13-8-4-6-9(16)7-5-8/h8-9,16H,4-7H2,1-3H3,(H,13,15). The summed E-state index contributed by atoms with van der Waals surface area (Å²) < 4.78 is 0. The van der Waals surface area contributed by atoms with E-state index in [-0.39, 0.29) is 11.5 Å². The molecule has 0 bridgehead atoms. The Morgan fingerprint density at radius 2 is 1.82 bits per heavy atom. The van der Waals surface area contributed by atoms with Crippen LogP contribution in [0.3, 0.4) is 0 Å². The molecule has 96 valence electrons. The van der Waals surface area contributed by atoms with Crippen molar-refractivity contribution in [1.29, 1.82) is 0 Å². The van der Waals surface area contributed by atoms with E-state index in [0.29, 0.717) is 6.04 Å². The molecule has 1 heterocycles. The van der Waals surface area contributed by atoms with Crippen molar-refractivity contribution in [1.82, 2.24) is 10.2 Å². The molecule has 0 saturated heterocycles. The van der Waals surface area contributed by atoms with Crippen molar-refractivity contribution in [3.8, 4) is 0 Å². The summed E-state index contributed by atoms with van der Waals surface area (Å²) in [4.78, 5) is 0. The van der Waals surface area contributed by atoms with Gasteiger partial charge in [-0.15, -0.1) is 10.2 Å². The van der Waals surface area contributed by atoms with Crippen LogP contribution < -0.4 is 5.32 Å². The molecule has 4 nitrogen and oxygen atoms in total. The first-order chi connectivity index (χ1) is 7.95. The van der Waals surface area contributed by atoms with Gasteiger partial charge in [0.05, 0.1) is 6.10 Å². The molecular weight excluding hydrogens is 234 g/mol. The first-order valence-electron chi connectivity index (χ1n) is 6.24. The quantitative estimate of drug-likeness (QED) is 0.852. The summed E-state index contributed by atoms with van der Waals surface area (Å²) in [5, 5.41) is 23.3. The number of anilines is 1. The lowest BCUT2D eigenvalue weighted by atomic mass is 9.93. The van der Waals surface area contributed by atoms with Crippen molar-refractivity contribution in [2.24, 2.45) is 0 Å². The Kier molecular flexibility index (Phi) is 3.68. The van der Waals surface area contributed by atoms with E-state index < -0.39 is 0 Å². The first-order valence-corrected chi connectivity index (χ1v) is 7.05. The maximum Gasteiger partial charge on any atom is 0.205 e. The minimum atomic E-state index is -0.104. The Morgan fingerprint density at radius 1 is 1.18 bits per heavy atom. The molecule has 1 aliphatic carbocycles. The minimum Gasteiger partial charge on any atom is -0.393 e. The van der Waals surface area contributed by atoms with Crippen LogP contribution in [-0.4, -0.2) is 27.4 Å². The Morgan fingerprint density at radius 3 is 2.35 bits per heavy atom. The maximum absolute atomic E-state index is 9.45. The third-order valence-corrected chi connectivity index (χ3v) is 4.37. The van der Waals surface area contributed by atoms with Crippen molar-refractivity contribution in [2.45, 2.75) is 64.0 Å². The molecule has 1 aromatic heterocycles. The van der Waals surface area contributed by atoms with Gasteiger partial charge in [0.15, 0.2) is 0 Å². The van der Waals surface area contributed by atoms with Crippen LogP contribution in [0.4, 0.5) is 5.13 Å². The molecule has 17 heavy (non-hydrogen) atoms. The van der Waals surface area contributed by atoms with E-state index >= 15 is 0 Å². The van der Waals surface area contributed by atoms with E-state index in [4.69, 9.17) is 0 Å². The molecule has 5 heteroatoms. The van der Waals surface area contributed by atoms with Gasteiger partial charge in [-0.3, -0.25) is 0 Å². The van der Waals surface area contributed by atoms with E-state index in [1.54, 1.807) is 11.3 Å². The van der Waals surface area contributed by atoms with Crippen LogP contribution in [0, 0.1) is 0 Å². The smallest absolute Gasteiger partial charge is 0.205 e. The lowest BCUT2D eigenvalue weighted by Crippen LogP contribution is -2.28. The van der Waals surface area contributed by atoms with Crippen molar-refractivity contribution >= 4 is 16.5 Å². The zero-order chi connectivity index (χ0) is 12.5. The van der Waals surface area contributed by atoms with Crippen molar-refractivity contribution in [3.63, 3.8) is 0 Å². The summed E-state index contributed by atoms with van der Waals surface area (Å²) in [5.74, 6) is 0. The summed E-state index contributed by atoms with van der Waals surface area (Å²) >= 11 is 1.64. The van der Waals surface area contributed by atoms with E-state index in [0.717, 1.165) is 35.8 Å². The molecule has 0 aromatic carbocycles. The number of aromatic nitrogens is 2. The summed E-state index contributed by atoms with van der Waals surface area (Å²) in [6.07, 6.45) is 3.72. The van der Waals surface area contributed by atoms with Gasteiger partial charge in [-0.05, 0) is 25.7 Å². The second-order valence-corrected chi connectivity index (χ2v) is 6.79. The predicted octanol–water partition coefficient (Wildman–Crippen LogP) is 2.55. The Labute approximate surface area is 106 Å². The lowest BCUT2D eigenvalue weighted by molar-refractivity contribution is 0.126. The van der Waals surface area contributed by atoms with E-state index in [1.807, 2.05) is 0 Å². The number of hydrogen-bond acceptors (Lipinski definition) is 5. The number of nitrogens with one attached hydrogen (secondary N) is 1. The fourth-order valence-electron chi connectivity index (χ4n) is 1.98. The van der Waals surface area contributed by atoms with E-state index in [1.165, 1.54) is 0 Å². The van der Waals surface area contributed by atoms with Gasteiger partial charge in [-0.2, -0.15) is 0 Å². The van der Waals surface area contributed by atoms with Crippen LogP contribution in [0.5, 0.6) is 0 Å². The molecule has 1 fully saturated rings. The predicted molar refractivity (Wildman–Crippen MR) is 70.5 cm³/mol. The fraction of sp³-hybridized carbons (Fsp3) is 0.833. The molecule has 1 saturated carbocycles. The average Bonchev–Trinajstić information content (AvgIpc) is 2.69. The van der Waals surface area contributed by atoms with Crippen LogP contribution in [-0.2, 0) is 5.41 Å². The van der Waals surface area contributed by atoms with Crippen molar-refractivity contribution in [2.75, 3.05) is 5.32 Å². The summed E-state index contributed by atoms with van der Waals surface area (Å²) in [7, 11) is 0. The van der Waals surface area contributed by atoms with Gasteiger partial charge in [-0.25, -0.2) is 0 Å². The lowest BCUT2D eigenvalue weighted by Gasteiger charge is -2.25. The molecule has 0 radical (unpaired) electrons. The van der Waals surface area contributed by atoms with E-state index in [9.17, 15) is 5.11 Å². The van der Waals surface area contributed by atoms with Gasteiger partial charge in [0.2, 0.25) is 5.13 Å². The Balaban J connectivity index is 1.93. The molecule has 0 aliphatic heterocycles. The van der Waals surface area contributed by atoms with Crippen molar-refractivity contribution < 1.29 is 5.11 Å². The summed E-state index contributed by atoms with van der Waals surface area (Å²) in [6.45, 7) is 6.44. The zero-order valence-corrected chi connectivity index (χ0v) is 11.5. The molecule has 0 atom stereocenters. The molecule has 1 aromatic rings. The fourth-order valence-corrected chi connectivity index (χ4v) is 2.86. The Hall–Kier alpha value is -0.680. The van der Waals surface area contributed by atoms with Gasteiger partial charge < -0.3 is 10.4 Å². The largest absolute Gasteiger partial charge is 0.393 e. The van der Waals surface area contributed by atoms with Gasteiger partial charge in [0.1, 0.15) is 5.01 Å². The van der Waals surface area contributed by atoms with Crippen LogP contribution in [0.15, 0.2) is 0 Å². The minimum absolute atomic E-state index is 0.0698. The number of aliphatic hydroxyl groups excluding tert-OH is 1. The van der Waals surface area contributed by atoms with Gasteiger partial charge >= 0.3 is 0 Å². The number of nitrogens with zero attached hydrogens (tertiary/aromatic N) is 2. The number of rotatable bonds is 2. The molecule has 2 rings (SSSR count). The molecule has 0 unspecified atom stereocenters. The third kappa shape index (κ3) is 3.39. The summed E-state index contributed by atoms with van der Waals surface area (Å²) in [6, 6.07) is 0.444. The van der Waals surface area contributed by atoms with Crippen LogP contribution in [0.1, 0.15) is 51.5 Å². The topological polar surface area (TPSA) is 58.0 Å². The molecule has 2 N–H and O–H groups in total. The second kappa shape index (κ2) is 4.90.